The molecule has 0 fully saturated rings. The molecule has 1 aromatic carbocycles. The zero-order valence-electron chi connectivity index (χ0n) is 15.4. The number of benzene rings is 1. The van der Waals surface area contributed by atoms with E-state index in [1.807, 2.05) is 24.3 Å². The predicted octanol–water partition coefficient (Wildman–Crippen LogP) is 4.69. The van der Waals surface area contributed by atoms with Crippen molar-refractivity contribution in [1.82, 2.24) is 25.5 Å². The lowest BCUT2D eigenvalue weighted by Gasteiger charge is -2.22. The van der Waals surface area contributed by atoms with Crippen molar-refractivity contribution in [3.8, 4) is 0 Å². The standard InChI is InChI=1S/C19H24BrN5O/c1-5-11(4)16(18-21-12-8-6-7-9-13(12)22-18)23-19(26)17-14(20)15(10(2)3)24-25-17/h6-11,16H,5H2,1-4H3,(H,21,22)(H,23,26)(H,24,25). The molecule has 3 N–H and O–H groups in total. The summed E-state index contributed by atoms with van der Waals surface area (Å²) in [6.45, 7) is 8.32. The van der Waals surface area contributed by atoms with Gasteiger partial charge in [0.2, 0.25) is 0 Å². The number of para-hydroxylation sites is 2. The molecule has 2 atom stereocenters. The summed E-state index contributed by atoms with van der Waals surface area (Å²) in [5.41, 5.74) is 3.15. The Labute approximate surface area is 161 Å². The van der Waals surface area contributed by atoms with Crippen LogP contribution in [-0.2, 0) is 0 Å². The Kier molecular flexibility index (Phi) is 5.46. The second kappa shape index (κ2) is 7.61. The smallest absolute Gasteiger partial charge is 0.273 e. The summed E-state index contributed by atoms with van der Waals surface area (Å²) < 4.78 is 0.720. The maximum atomic E-state index is 12.9. The highest BCUT2D eigenvalue weighted by molar-refractivity contribution is 9.10. The van der Waals surface area contributed by atoms with Crippen molar-refractivity contribution in [2.75, 3.05) is 0 Å². The maximum Gasteiger partial charge on any atom is 0.273 e. The van der Waals surface area contributed by atoms with Gasteiger partial charge in [0.05, 0.1) is 27.2 Å². The van der Waals surface area contributed by atoms with Gasteiger partial charge in [-0.25, -0.2) is 4.98 Å². The molecule has 0 bridgehead atoms. The Morgan fingerprint density at radius 1 is 1.27 bits per heavy atom. The van der Waals surface area contributed by atoms with Crippen LogP contribution >= 0.6 is 15.9 Å². The van der Waals surface area contributed by atoms with Gasteiger partial charge in [0.25, 0.3) is 5.91 Å². The van der Waals surface area contributed by atoms with Crippen molar-refractivity contribution in [3.05, 3.63) is 46.0 Å². The van der Waals surface area contributed by atoms with Crippen molar-refractivity contribution < 1.29 is 4.79 Å². The highest BCUT2D eigenvalue weighted by Gasteiger charge is 2.27. The first-order valence-corrected chi connectivity index (χ1v) is 9.70. The first kappa shape index (κ1) is 18.6. The van der Waals surface area contributed by atoms with Crippen LogP contribution in [0, 0.1) is 5.92 Å². The van der Waals surface area contributed by atoms with Crippen LogP contribution in [0.1, 0.15) is 68.1 Å². The monoisotopic (exact) mass is 417 g/mol. The van der Waals surface area contributed by atoms with Crippen molar-refractivity contribution in [3.63, 3.8) is 0 Å². The van der Waals surface area contributed by atoms with E-state index >= 15 is 0 Å². The minimum atomic E-state index is -0.217. The SMILES string of the molecule is CCC(C)C(NC(=O)c1n[nH]c(C(C)C)c1Br)c1nc2ccccc2[nH]1. The van der Waals surface area contributed by atoms with Crippen molar-refractivity contribution >= 4 is 32.9 Å². The summed E-state index contributed by atoms with van der Waals surface area (Å²) in [6, 6.07) is 7.66. The van der Waals surface area contributed by atoms with Crippen molar-refractivity contribution in [1.29, 1.82) is 0 Å². The van der Waals surface area contributed by atoms with Crippen LogP contribution in [0.5, 0.6) is 0 Å². The number of aromatic amines is 2. The third kappa shape index (κ3) is 3.53. The van der Waals surface area contributed by atoms with E-state index in [0.717, 1.165) is 33.4 Å². The minimum Gasteiger partial charge on any atom is -0.340 e. The fourth-order valence-electron chi connectivity index (χ4n) is 2.92. The van der Waals surface area contributed by atoms with E-state index in [1.165, 1.54) is 0 Å². The largest absolute Gasteiger partial charge is 0.340 e. The van der Waals surface area contributed by atoms with Gasteiger partial charge in [-0.2, -0.15) is 5.10 Å². The highest BCUT2D eigenvalue weighted by Crippen LogP contribution is 2.28. The second-order valence-corrected chi connectivity index (χ2v) is 7.72. The number of aromatic nitrogens is 4. The Morgan fingerprint density at radius 2 is 2.00 bits per heavy atom. The molecule has 26 heavy (non-hydrogen) atoms. The molecule has 2 heterocycles. The molecule has 2 unspecified atom stereocenters. The Bertz CT molecular complexity index is 881. The van der Waals surface area contributed by atoms with Crippen LogP contribution in [0.25, 0.3) is 11.0 Å². The van der Waals surface area contributed by atoms with Gasteiger partial charge < -0.3 is 10.3 Å². The molecule has 0 saturated heterocycles. The minimum absolute atomic E-state index is 0.217. The van der Waals surface area contributed by atoms with Crippen LogP contribution in [0.4, 0.5) is 0 Å². The van der Waals surface area contributed by atoms with Crippen LogP contribution in [0.3, 0.4) is 0 Å². The van der Waals surface area contributed by atoms with Crippen LogP contribution in [-0.4, -0.2) is 26.1 Å². The first-order chi connectivity index (χ1) is 12.4. The van der Waals surface area contributed by atoms with Gasteiger partial charge in [-0.1, -0.05) is 46.2 Å². The Balaban J connectivity index is 1.90. The Morgan fingerprint density at radius 3 is 2.62 bits per heavy atom. The molecule has 3 aromatic rings. The summed E-state index contributed by atoms with van der Waals surface area (Å²) in [6.07, 6.45) is 0.918. The molecule has 7 heteroatoms. The number of carbonyl (C=O) groups is 1. The maximum absolute atomic E-state index is 12.9. The number of H-pyrrole nitrogens is 2. The number of imidazole rings is 1. The average molecular weight is 418 g/mol. The summed E-state index contributed by atoms with van der Waals surface area (Å²) >= 11 is 3.50. The van der Waals surface area contributed by atoms with Gasteiger partial charge in [-0.15, -0.1) is 0 Å². The second-order valence-electron chi connectivity index (χ2n) is 6.93. The van der Waals surface area contributed by atoms with E-state index in [2.05, 4.69) is 69.1 Å². The molecule has 0 aliphatic carbocycles. The molecular weight excluding hydrogens is 394 g/mol. The number of amides is 1. The molecular formula is C19H24BrN5O. The van der Waals surface area contributed by atoms with Gasteiger partial charge in [0.15, 0.2) is 5.69 Å². The molecule has 2 aromatic heterocycles. The zero-order valence-corrected chi connectivity index (χ0v) is 17.0. The number of carbonyl (C=O) groups excluding carboxylic acids is 1. The van der Waals surface area contributed by atoms with E-state index in [4.69, 9.17) is 0 Å². The number of hydrogen-bond acceptors (Lipinski definition) is 3. The summed E-state index contributed by atoms with van der Waals surface area (Å²) in [7, 11) is 0. The molecule has 6 nitrogen and oxygen atoms in total. The molecule has 1 amide bonds. The van der Waals surface area contributed by atoms with E-state index in [9.17, 15) is 4.79 Å². The average Bonchev–Trinajstić information content (AvgIpc) is 3.22. The molecule has 0 spiro atoms. The lowest BCUT2D eigenvalue weighted by atomic mass is 9.98. The summed E-state index contributed by atoms with van der Waals surface area (Å²) in [5, 5.41) is 10.3. The first-order valence-electron chi connectivity index (χ1n) is 8.91. The fraction of sp³-hybridized carbons (Fsp3) is 0.421. The number of halogens is 1. The number of hydrogen-bond donors (Lipinski definition) is 3. The van der Waals surface area contributed by atoms with Gasteiger partial charge in [0.1, 0.15) is 5.82 Å². The summed E-state index contributed by atoms with van der Waals surface area (Å²) in [4.78, 5) is 20.9. The van der Waals surface area contributed by atoms with Crippen molar-refractivity contribution in [2.24, 2.45) is 5.92 Å². The third-order valence-electron chi connectivity index (χ3n) is 4.73. The quantitative estimate of drug-likeness (QED) is 0.543. The lowest BCUT2D eigenvalue weighted by Crippen LogP contribution is -2.33. The molecule has 3 rings (SSSR count). The summed E-state index contributed by atoms with van der Waals surface area (Å²) in [5.74, 6) is 1.02. The van der Waals surface area contributed by atoms with E-state index in [1.54, 1.807) is 0 Å². The fourth-order valence-corrected chi connectivity index (χ4v) is 3.74. The molecule has 0 aliphatic heterocycles. The number of nitrogens with zero attached hydrogens (tertiary/aromatic N) is 2. The Hall–Kier alpha value is -2.15. The topological polar surface area (TPSA) is 86.5 Å². The predicted molar refractivity (Wildman–Crippen MR) is 106 cm³/mol. The number of fused-ring (bicyclic) bond motifs is 1. The molecule has 0 radical (unpaired) electrons. The van der Waals surface area contributed by atoms with Gasteiger partial charge in [0, 0.05) is 0 Å². The normalized spacial score (nSPS) is 13.9. The number of rotatable bonds is 6. The van der Waals surface area contributed by atoms with Gasteiger partial charge in [-0.3, -0.25) is 9.89 Å². The zero-order chi connectivity index (χ0) is 18.8. The van der Waals surface area contributed by atoms with Crippen LogP contribution in [0.15, 0.2) is 28.7 Å². The van der Waals surface area contributed by atoms with Crippen LogP contribution < -0.4 is 5.32 Å². The van der Waals surface area contributed by atoms with Gasteiger partial charge >= 0.3 is 0 Å². The third-order valence-corrected chi connectivity index (χ3v) is 5.53. The van der Waals surface area contributed by atoms with Crippen molar-refractivity contribution in [2.45, 2.75) is 46.1 Å². The molecule has 0 aliphatic rings. The van der Waals surface area contributed by atoms with E-state index < -0.39 is 0 Å². The highest BCUT2D eigenvalue weighted by atomic mass is 79.9. The van der Waals surface area contributed by atoms with Gasteiger partial charge in [-0.05, 0) is 39.9 Å². The number of nitrogens with one attached hydrogen (secondary N) is 3. The van der Waals surface area contributed by atoms with Crippen LogP contribution in [0.2, 0.25) is 0 Å². The van der Waals surface area contributed by atoms with E-state index in [0.29, 0.717) is 5.69 Å². The molecule has 0 saturated carbocycles. The van der Waals surface area contributed by atoms with E-state index in [-0.39, 0.29) is 23.8 Å². The molecule has 138 valence electrons. The lowest BCUT2D eigenvalue weighted by molar-refractivity contribution is 0.0914.